The second kappa shape index (κ2) is 5.52. The summed E-state index contributed by atoms with van der Waals surface area (Å²) in [4.78, 5) is 11.1. The Balaban J connectivity index is 2.81. The van der Waals surface area contributed by atoms with Crippen molar-refractivity contribution < 1.29 is 4.79 Å². The zero-order chi connectivity index (χ0) is 10.6. The van der Waals surface area contributed by atoms with Crippen LogP contribution in [0.2, 0.25) is 0 Å². The van der Waals surface area contributed by atoms with Crippen molar-refractivity contribution in [3.63, 3.8) is 0 Å². The minimum Gasteiger partial charge on any atom is -0.298 e. The minimum absolute atomic E-state index is 0.0582. The number of carbonyl (C=O) groups excluding carboxylic acids is 1. The van der Waals surface area contributed by atoms with Crippen molar-refractivity contribution in [2.24, 2.45) is 0 Å². The number of hydrogen-bond donors (Lipinski definition) is 0. The molecular weight excluding hydrogens is 263 g/mol. The van der Waals surface area contributed by atoms with Crippen LogP contribution in [0.5, 0.6) is 0 Å². The fraction of sp³-hybridized carbons (Fsp3) is 0.364. The first kappa shape index (κ1) is 11.7. The highest BCUT2D eigenvalue weighted by molar-refractivity contribution is 9.10. The fourth-order valence-electron chi connectivity index (χ4n) is 1.26. The first-order chi connectivity index (χ1) is 6.67. The molecule has 14 heavy (non-hydrogen) atoms. The molecule has 0 fully saturated rings. The van der Waals surface area contributed by atoms with Gasteiger partial charge in [0.25, 0.3) is 0 Å². The van der Waals surface area contributed by atoms with Crippen LogP contribution in [0, 0.1) is 0 Å². The number of rotatable bonds is 4. The molecule has 0 radical (unpaired) electrons. The molecule has 76 valence electrons. The summed E-state index contributed by atoms with van der Waals surface area (Å²) in [6.45, 7) is 2.10. The van der Waals surface area contributed by atoms with Crippen LogP contribution in [0.3, 0.4) is 0 Å². The molecule has 0 aliphatic carbocycles. The van der Waals surface area contributed by atoms with E-state index in [4.69, 9.17) is 11.6 Å². The van der Waals surface area contributed by atoms with E-state index in [9.17, 15) is 4.79 Å². The third kappa shape index (κ3) is 3.10. The number of Topliss-reactive ketones (excluding diaryl/α,β-unsaturated/α-hetero) is 1. The number of halogens is 2. The molecule has 0 saturated carbocycles. The van der Waals surface area contributed by atoms with Crippen molar-refractivity contribution in [1.82, 2.24) is 0 Å². The monoisotopic (exact) mass is 274 g/mol. The smallest absolute Gasteiger partial charge is 0.151 e. The number of hydrogen-bond acceptors (Lipinski definition) is 1. The molecule has 1 rings (SSSR count). The van der Waals surface area contributed by atoms with Gasteiger partial charge < -0.3 is 0 Å². The molecule has 0 amide bonds. The Bertz CT molecular complexity index is 336. The lowest BCUT2D eigenvalue weighted by atomic mass is 10.1. The number of ketones is 1. The van der Waals surface area contributed by atoms with Crippen molar-refractivity contribution in [1.29, 1.82) is 0 Å². The molecule has 0 spiro atoms. The van der Waals surface area contributed by atoms with E-state index in [1.165, 1.54) is 5.56 Å². The minimum atomic E-state index is 0.0582. The van der Waals surface area contributed by atoms with Crippen LogP contribution in [0.25, 0.3) is 0 Å². The van der Waals surface area contributed by atoms with Crippen molar-refractivity contribution >= 4 is 33.3 Å². The SMILES string of the molecule is CCc1ccc(CC(=O)CCl)cc1Br. The van der Waals surface area contributed by atoms with Gasteiger partial charge in [0, 0.05) is 10.9 Å². The van der Waals surface area contributed by atoms with Gasteiger partial charge in [0.05, 0.1) is 5.88 Å². The zero-order valence-electron chi connectivity index (χ0n) is 8.02. The molecule has 0 unspecified atom stereocenters. The topological polar surface area (TPSA) is 17.1 Å². The molecule has 0 aromatic heterocycles. The summed E-state index contributed by atoms with van der Waals surface area (Å²) in [6.07, 6.45) is 1.41. The van der Waals surface area contributed by atoms with Crippen LogP contribution in [0.15, 0.2) is 22.7 Å². The number of carbonyl (C=O) groups is 1. The molecular formula is C11H12BrClO. The van der Waals surface area contributed by atoms with E-state index >= 15 is 0 Å². The molecule has 0 bridgehead atoms. The Morgan fingerprint density at radius 1 is 1.50 bits per heavy atom. The fourth-order valence-corrected chi connectivity index (χ4v) is 2.06. The zero-order valence-corrected chi connectivity index (χ0v) is 10.4. The van der Waals surface area contributed by atoms with E-state index in [0.717, 1.165) is 16.5 Å². The van der Waals surface area contributed by atoms with E-state index in [1.54, 1.807) is 0 Å². The lowest BCUT2D eigenvalue weighted by molar-refractivity contribution is -0.116. The van der Waals surface area contributed by atoms with E-state index in [1.807, 2.05) is 18.2 Å². The third-order valence-corrected chi connectivity index (χ3v) is 3.09. The maximum Gasteiger partial charge on any atom is 0.151 e. The number of alkyl halides is 1. The summed E-state index contributed by atoms with van der Waals surface area (Å²) in [5.74, 6) is 0.149. The quantitative estimate of drug-likeness (QED) is 0.770. The van der Waals surface area contributed by atoms with Crippen molar-refractivity contribution in [3.05, 3.63) is 33.8 Å². The van der Waals surface area contributed by atoms with Gasteiger partial charge in [0.15, 0.2) is 5.78 Å². The highest BCUT2D eigenvalue weighted by atomic mass is 79.9. The van der Waals surface area contributed by atoms with E-state index in [0.29, 0.717) is 6.42 Å². The predicted molar refractivity (Wildman–Crippen MR) is 63.0 cm³/mol. The Hall–Kier alpha value is -0.340. The molecule has 0 saturated heterocycles. The number of benzene rings is 1. The molecule has 1 nitrogen and oxygen atoms in total. The Morgan fingerprint density at radius 2 is 2.21 bits per heavy atom. The molecule has 3 heteroatoms. The first-order valence-electron chi connectivity index (χ1n) is 4.52. The second-order valence-electron chi connectivity index (χ2n) is 3.13. The summed E-state index contributed by atoms with van der Waals surface area (Å²) < 4.78 is 1.07. The lowest BCUT2D eigenvalue weighted by Crippen LogP contribution is -2.03. The highest BCUT2D eigenvalue weighted by Crippen LogP contribution is 2.19. The normalized spacial score (nSPS) is 10.2. The first-order valence-corrected chi connectivity index (χ1v) is 5.85. The highest BCUT2D eigenvalue weighted by Gasteiger charge is 2.04. The van der Waals surface area contributed by atoms with Crippen LogP contribution in [-0.2, 0) is 17.6 Å². The second-order valence-corrected chi connectivity index (χ2v) is 4.25. The van der Waals surface area contributed by atoms with Gasteiger partial charge >= 0.3 is 0 Å². The molecule has 0 atom stereocenters. The number of aryl methyl sites for hydroxylation is 1. The van der Waals surface area contributed by atoms with Gasteiger partial charge in [-0.2, -0.15) is 0 Å². The molecule has 1 aromatic carbocycles. The summed E-state index contributed by atoms with van der Waals surface area (Å²) in [5.41, 5.74) is 2.27. The average molecular weight is 276 g/mol. The maximum absolute atomic E-state index is 11.1. The van der Waals surface area contributed by atoms with E-state index in [-0.39, 0.29) is 11.7 Å². The van der Waals surface area contributed by atoms with E-state index < -0.39 is 0 Å². The summed E-state index contributed by atoms with van der Waals surface area (Å²) in [7, 11) is 0. The van der Waals surface area contributed by atoms with Crippen molar-refractivity contribution in [2.75, 3.05) is 5.88 Å². The lowest BCUT2D eigenvalue weighted by Gasteiger charge is -2.04. The van der Waals surface area contributed by atoms with Crippen molar-refractivity contribution in [2.45, 2.75) is 19.8 Å². The molecule has 0 N–H and O–H groups in total. The summed E-state index contributed by atoms with van der Waals surface area (Å²) in [5, 5.41) is 0. The largest absolute Gasteiger partial charge is 0.298 e. The van der Waals surface area contributed by atoms with Gasteiger partial charge in [-0.1, -0.05) is 35.0 Å². The molecule has 0 aliphatic heterocycles. The van der Waals surface area contributed by atoms with Gasteiger partial charge in [-0.05, 0) is 23.6 Å². The standard InChI is InChI=1S/C11H12BrClO/c1-2-9-4-3-8(6-11(9)12)5-10(14)7-13/h3-4,6H,2,5,7H2,1H3. The van der Waals surface area contributed by atoms with E-state index in [2.05, 4.69) is 22.9 Å². The Kier molecular flexibility index (Phi) is 4.63. The average Bonchev–Trinajstić information content (AvgIpc) is 2.18. The van der Waals surface area contributed by atoms with Gasteiger partial charge in [-0.3, -0.25) is 4.79 Å². The summed E-state index contributed by atoms with van der Waals surface area (Å²) in [6, 6.07) is 6.01. The van der Waals surface area contributed by atoms with Crippen LogP contribution in [0.1, 0.15) is 18.1 Å². The third-order valence-electron chi connectivity index (χ3n) is 2.05. The maximum atomic E-state index is 11.1. The van der Waals surface area contributed by atoms with Crippen molar-refractivity contribution in [3.8, 4) is 0 Å². The van der Waals surface area contributed by atoms with Crippen LogP contribution in [0.4, 0.5) is 0 Å². The van der Waals surface area contributed by atoms with Crippen LogP contribution < -0.4 is 0 Å². The van der Waals surface area contributed by atoms with Crippen LogP contribution >= 0.6 is 27.5 Å². The van der Waals surface area contributed by atoms with Gasteiger partial charge in [-0.15, -0.1) is 11.6 Å². The van der Waals surface area contributed by atoms with Gasteiger partial charge in [-0.25, -0.2) is 0 Å². The molecule has 0 heterocycles. The Labute approximate surface area is 97.6 Å². The predicted octanol–water partition coefficient (Wildman–Crippen LogP) is 3.36. The Morgan fingerprint density at radius 3 is 2.71 bits per heavy atom. The van der Waals surface area contributed by atoms with Gasteiger partial charge in [0.1, 0.15) is 0 Å². The van der Waals surface area contributed by atoms with Gasteiger partial charge in [0.2, 0.25) is 0 Å². The molecule has 0 aliphatic rings. The summed E-state index contributed by atoms with van der Waals surface area (Å²) >= 11 is 8.91. The molecule has 1 aromatic rings. The van der Waals surface area contributed by atoms with Crippen LogP contribution in [-0.4, -0.2) is 11.7 Å².